The van der Waals surface area contributed by atoms with Crippen molar-refractivity contribution in [2.24, 2.45) is 13.0 Å². The minimum atomic E-state index is -3.68. The minimum Gasteiger partial charge on any atom is -0.477 e. The molecule has 21 heavy (non-hydrogen) atoms. The zero-order chi connectivity index (χ0) is 16.2. The molecule has 0 radical (unpaired) electrons. The average molecular weight is 316 g/mol. The molecule has 0 fully saturated rings. The third-order valence-electron chi connectivity index (χ3n) is 3.28. The van der Waals surface area contributed by atoms with Crippen LogP contribution in [0.4, 0.5) is 0 Å². The van der Waals surface area contributed by atoms with Crippen LogP contribution in [0.15, 0.2) is 17.2 Å². The molecule has 7 heteroatoms. The summed E-state index contributed by atoms with van der Waals surface area (Å²) in [4.78, 5) is 10.9. The highest BCUT2D eigenvalue weighted by Crippen LogP contribution is 2.15. The smallest absolute Gasteiger partial charge is 0.352 e. The molecule has 6 nitrogen and oxygen atoms in total. The molecule has 1 aromatic rings. The predicted octanol–water partition coefficient (Wildman–Crippen LogP) is 2.22. The number of carboxylic acid groups (broad SMARTS) is 1. The lowest BCUT2D eigenvalue weighted by Crippen LogP contribution is -2.32. The molecule has 0 aliphatic heterocycles. The summed E-state index contributed by atoms with van der Waals surface area (Å²) in [7, 11) is -2.17. The van der Waals surface area contributed by atoms with Crippen LogP contribution < -0.4 is 4.72 Å². The maximum Gasteiger partial charge on any atom is 0.352 e. The number of rotatable bonds is 8. The maximum atomic E-state index is 12.2. The van der Waals surface area contributed by atoms with Crippen LogP contribution in [-0.4, -0.2) is 30.1 Å². The van der Waals surface area contributed by atoms with Gasteiger partial charge >= 0.3 is 5.97 Å². The van der Waals surface area contributed by atoms with Gasteiger partial charge in [0.05, 0.1) is 0 Å². The summed E-state index contributed by atoms with van der Waals surface area (Å²) in [5, 5.41) is 8.96. The van der Waals surface area contributed by atoms with Crippen molar-refractivity contribution in [1.29, 1.82) is 0 Å². The Morgan fingerprint density at radius 3 is 2.43 bits per heavy atom. The standard InChI is InChI=1S/C14H24N2O4S/c1-10(2)6-5-7-11(3)15-21(19,20)12-8-13(14(17)18)16(4)9-12/h8-11,15H,5-7H2,1-4H3,(H,17,18). The molecule has 0 spiro atoms. The van der Waals surface area contributed by atoms with E-state index in [1.165, 1.54) is 23.9 Å². The highest BCUT2D eigenvalue weighted by Gasteiger charge is 2.21. The quantitative estimate of drug-likeness (QED) is 0.769. The summed E-state index contributed by atoms with van der Waals surface area (Å²) in [6.45, 7) is 6.08. The number of aromatic nitrogens is 1. The van der Waals surface area contributed by atoms with Gasteiger partial charge in [0.15, 0.2) is 0 Å². The number of carboxylic acids is 1. The fourth-order valence-corrected chi connectivity index (χ4v) is 3.47. The van der Waals surface area contributed by atoms with Crippen molar-refractivity contribution in [3.05, 3.63) is 18.0 Å². The lowest BCUT2D eigenvalue weighted by Gasteiger charge is -2.14. The van der Waals surface area contributed by atoms with Crippen molar-refractivity contribution in [1.82, 2.24) is 9.29 Å². The highest BCUT2D eigenvalue weighted by molar-refractivity contribution is 7.89. The number of nitrogens with zero attached hydrogens (tertiary/aromatic N) is 1. The first-order valence-corrected chi connectivity index (χ1v) is 8.53. The zero-order valence-electron chi connectivity index (χ0n) is 13.0. The van der Waals surface area contributed by atoms with Crippen LogP contribution in [0.1, 0.15) is 50.5 Å². The second-order valence-electron chi connectivity index (χ2n) is 5.82. The van der Waals surface area contributed by atoms with E-state index < -0.39 is 16.0 Å². The van der Waals surface area contributed by atoms with Crippen LogP contribution in [0.3, 0.4) is 0 Å². The van der Waals surface area contributed by atoms with Crippen molar-refractivity contribution in [2.45, 2.75) is 51.0 Å². The SMILES string of the molecule is CC(C)CCCC(C)NS(=O)(=O)c1cc(C(=O)O)n(C)c1. The Morgan fingerprint density at radius 2 is 1.95 bits per heavy atom. The number of aromatic carboxylic acids is 1. The summed E-state index contributed by atoms with van der Waals surface area (Å²) in [6, 6.07) is 0.994. The molecule has 120 valence electrons. The van der Waals surface area contributed by atoms with Gasteiger partial charge in [-0.25, -0.2) is 17.9 Å². The Labute approximate surface area is 126 Å². The monoisotopic (exact) mass is 316 g/mol. The zero-order valence-corrected chi connectivity index (χ0v) is 13.8. The molecule has 1 aromatic heterocycles. The summed E-state index contributed by atoms with van der Waals surface area (Å²) in [5.74, 6) is -0.551. The van der Waals surface area contributed by atoms with Crippen LogP contribution in [0.5, 0.6) is 0 Å². The van der Waals surface area contributed by atoms with Gasteiger partial charge in [-0.05, 0) is 25.3 Å². The van der Waals surface area contributed by atoms with E-state index in [1.807, 2.05) is 6.92 Å². The van der Waals surface area contributed by atoms with Crippen LogP contribution in [0, 0.1) is 5.92 Å². The molecule has 1 heterocycles. The van der Waals surface area contributed by atoms with Gasteiger partial charge in [-0.2, -0.15) is 0 Å². The van der Waals surface area contributed by atoms with Gasteiger partial charge in [-0.1, -0.05) is 26.7 Å². The second kappa shape index (κ2) is 7.09. The number of hydrogen-bond donors (Lipinski definition) is 2. The van der Waals surface area contributed by atoms with E-state index in [9.17, 15) is 13.2 Å². The molecule has 1 unspecified atom stereocenters. The average Bonchev–Trinajstić information content (AvgIpc) is 2.70. The van der Waals surface area contributed by atoms with Crippen molar-refractivity contribution >= 4 is 16.0 Å². The largest absolute Gasteiger partial charge is 0.477 e. The molecule has 0 aliphatic rings. The van der Waals surface area contributed by atoms with E-state index in [-0.39, 0.29) is 16.6 Å². The Kier molecular flexibility index (Phi) is 5.98. The first kappa shape index (κ1) is 17.7. The van der Waals surface area contributed by atoms with Gasteiger partial charge in [0.1, 0.15) is 10.6 Å². The number of hydrogen-bond acceptors (Lipinski definition) is 3. The van der Waals surface area contributed by atoms with Crippen LogP contribution in [-0.2, 0) is 17.1 Å². The second-order valence-corrected chi connectivity index (χ2v) is 7.54. The third kappa shape index (κ3) is 5.17. The molecule has 2 N–H and O–H groups in total. The summed E-state index contributed by atoms with van der Waals surface area (Å²) in [5.41, 5.74) is -0.0529. The van der Waals surface area contributed by atoms with Crippen molar-refractivity contribution in [3.63, 3.8) is 0 Å². The lowest BCUT2D eigenvalue weighted by molar-refractivity contribution is 0.0686. The molecule has 0 amide bonds. The van der Waals surface area contributed by atoms with Crippen LogP contribution in [0.25, 0.3) is 0 Å². The normalized spacial score (nSPS) is 13.6. The van der Waals surface area contributed by atoms with Gasteiger partial charge < -0.3 is 9.67 Å². The Hall–Kier alpha value is -1.34. The Bertz CT molecular complexity index is 590. The predicted molar refractivity (Wildman–Crippen MR) is 80.8 cm³/mol. The lowest BCUT2D eigenvalue weighted by atomic mass is 10.0. The summed E-state index contributed by atoms with van der Waals surface area (Å²) < 4.78 is 28.3. The summed E-state index contributed by atoms with van der Waals surface area (Å²) >= 11 is 0. The molecule has 0 aromatic carbocycles. The Balaban J connectivity index is 2.73. The third-order valence-corrected chi connectivity index (χ3v) is 4.84. The van der Waals surface area contributed by atoms with E-state index >= 15 is 0 Å². The van der Waals surface area contributed by atoms with E-state index in [4.69, 9.17) is 5.11 Å². The minimum absolute atomic E-state index is 0.0156. The van der Waals surface area contributed by atoms with E-state index in [2.05, 4.69) is 18.6 Å². The van der Waals surface area contributed by atoms with E-state index in [0.717, 1.165) is 19.3 Å². The van der Waals surface area contributed by atoms with Gasteiger partial charge in [-0.15, -0.1) is 0 Å². The number of sulfonamides is 1. The van der Waals surface area contributed by atoms with E-state index in [0.29, 0.717) is 5.92 Å². The topological polar surface area (TPSA) is 88.4 Å². The first-order chi connectivity index (χ1) is 9.63. The molecule has 0 aliphatic carbocycles. The Morgan fingerprint density at radius 1 is 1.33 bits per heavy atom. The molecule has 1 rings (SSSR count). The highest BCUT2D eigenvalue weighted by atomic mass is 32.2. The van der Waals surface area contributed by atoms with Gasteiger partial charge in [0.25, 0.3) is 0 Å². The van der Waals surface area contributed by atoms with E-state index in [1.54, 1.807) is 0 Å². The van der Waals surface area contributed by atoms with Crippen molar-refractivity contribution in [3.8, 4) is 0 Å². The number of nitrogens with one attached hydrogen (secondary N) is 1. The molecule has 0 bridgehead atoms. The molecular weight excluding hydrogens is 292 g/mol. The van der Waals surface area contributed by atoms with Crippen molar-refractivity contribution < 1.29 is 18.3 Å². The van der Waals surface area contributed by atoms with Gasteiger partial charge in [-0.3, -0.25) is 0 Å². The molecule has 0 saturated carbocycles. The molecular formula is C14H24N2O4S. The molecule has 1 atom stereocenters. The fraction of sp³-hybridized carbons (Fsp3) is 0.643. The summed E-state index contributed by atoms with van der Waals surface area (Å²) in [6.07, 6.45) is 4.08. The van der Waals surface area contributed by atoms with Crippen LogP contribution in [0.2, 0.25) is 0 Å². The van der Waals surface area contributed by atoms with Gasteiger partial charge in [0, 0.05) is 19.3 Å². The van der Waals surface area contributed by atoms with Crippen molar-refractivity contribution in [2.75, 3.05) is 0 Å². The maximum absolute atomic E-state index is 12.2. The first-order valence-electron chi connectivity index (χ1n) is 7.05. The van der Waals surface area contributed by atoms with Crippen LogP contribution >= 0.6 is 0 Å². The molecule has 0 saturated heterocycles. The number of carbonyl (C=O) groups is 1. The van der Waals surface area contributed by atoms with Gasteiger partial charge in [0.2, 0.25) is 10.0 Å². The fourth-order valence-electron chi connectivity index (χ4n) is 2.12. The number of aryl methyl sites for hydroxylation is 1.